The summed E-state index contributed by atoms with van der Waals surface area (Å²) in [5, 5.41) is 17.5. The van der Waals surface area contributed by atoms with Crippen LogP contribution in [0.4, 0.5) is 5.69 Å². The molecule has 3 aromatic rings. The van der Waals surface area contributed by atoms with Crippen molar-refractivity contribution in [2.24, 2.45) is 11.8 Å². The molecule has 2 amide bonds. The van der Waals surface area contributed by atoms with Crippen LogP contribution in [-0.2, 0) is 22.5 Å². The quantitative estimate of drug-likeness (QED) is 0.367. The van der Waals surface area contributed by atoms with E-state index < -0.39 is 17.2 Å². The fourth-order valence-corrected chi connectivity index (χ4v) is 5.50. The molecule has 0 saturated heterocycles. The van der Waals surface area contributed by atoms with Crippen molar-refractivity contribution >= 4 is 28.7 Å². The molecule has 2 atom stereocenters. The number of H-pyrrole nitrogens is 1. The largest absolute Gasteiger partial charge is 0.617 e. The van der Waals surface area contributed by atoms with Gasteiger partial charge in [-0.3, -0.25) is 19.4 Å². The molecule has 4 rings (SSSR count). The molecule has 1 aliphatic rings. The van der Waals surface area contributed by atoms with Crippen molar-refractivity contribution < 1.29 is 14.1 Å². The van der Waals surface area contributed by atoms with Gasteiger partial charge in [-0.15, -0.1) is 0 Å². The van der Waals surface area contributed by atoms with E-state index in [9.17, 15) is 14.1 Å². The average Bonchev–Trinajstić information content (AvgIpc) is 3.48. The van der Waals surface area contributed by atoms with Crippen molar-refractivity contribution in [1.82, 2.24) is 25.3 Å². The summed E-state index contributed by atoms with van der Waals surface area (Å²) in [5.74, 6) is 0.501. The third-order valence-corrected chi connectivity index (χ3v) is 7.97. The molecule has 1 fully saturated rings. The zero-order valence-corrected chi connectivity index (χ0v) is 22.7. The molecule has 1 unspecified atom stereocenters. The van der Waals surface area contributed by atoms with Crippen LogP contribution in [0.5, 0.6) is 0 Å². The van der Waals surface area contributed by atoms with Crippen LogP contribution >= 0.6 is 0 Å². The van der Waals surface area contributed by atoms with Crippen LogP contribution < -0.4 is 10.6 Å². The summed E-state index contributed by atoms with van der Waals surface area (Å²) in [6.07, 6.45) is 7.00. The van der Waals surface area contributed by atoms with Crippen molar-refractivity contribution in [3.05, 3.63) is 53.6 Å². The highest BCUT2D eigenvalue weighted by Gasteiger charge is 2.33. The smallest absolute Gasteiger partial charge is 0.270 e. The Bertz CT molecular complexity index is 1190. The second-order valence-electron chi connectivity index (χ2n) is 10.1. The van der Waals surface area contributed by atoms with Crippen molar-refractivity contribution in [2.75, 3.05) is 17.3 Å². The first kappa shape index (κ1) is 26.9. The lowest BCUT2D eigenvalue weighted by Crippen LogP contribution is -2.49. The first-order valence-electron chi connectivity index (χ1n) is 12.8. The van der Waals surface area contributed by atoms with Gasteiger partial charge in [-0.25, -0.2) is 0 Å². The number of aryl methyl sites for hydroxylation is 3. The van der Waals surface area contributed by atoms with E-state index in [1.54, 1.807) is 23.2 Å². The number of rotatable bonds is 9. The minimum absolute atomic E-state index is 0.0511. The van der Waals surface area contributed by atoms with Gasteiger partial charge in [0.05, 0.1) is 18.5 Å². The number of carbonyl (C=O) groups is 2. The number of carbonyl (C=O) groups excluding carboxylic acids is 2. The molecule has 3 N–H and O–H groups in total. The van der Waals surface area contributed by atoms with Gasteiger partial charge in [0.15, 0.2) is 0 Å². The lowest BCUT2D eigenvalue weighted by atomic mass is 9.79. The SMILES string of the molecule is Cc1n[nH]c(C)c1-c1ccc(NC(=O)[C@@H](NC(=O)c2ccnn2CC[S+](C)[O-])[C@H]2CC[C@H](C)CC2)cc1. The highest BCUT2D eigenvalue weighted by molar-refractivity contribution is 7.90. The molecule has 198 valence electrons. The fourth-order valence-electron chi connectivity index (χ4n) is 5.07. The van der Waals surface area contributed by atoms with E-state index in [-0.39, 0.29) is 17.7 Å². The normalized spacial score (nSPS) is 19.3. The van der Waals surface area contributed by atoms with E-state index in [1.807, 2.05) is 38.1 Å². The number of anilines is 1. The van der Waals surface area contributed by atoms with Gasteiger partial charge in [0.25, 0.3) is 5.91 Å². The second-order valence-corrected chi connectivity index (χ2v) is 11.6. The number of hydrogen-bond donors (Lipinski definition) is 3. The maximum absolute atomic E-state index is 13.5. The van der Waals surface area contributed by atoms with Crippen LogP contribution in [0, 0.1) is 25.7 Å². The summed E-state index contributed by atoms with van der Waals surface area (Å²) >= 11 is -0.996. The molecule has 37 heavy (non-hydrogen) atoms. The Morgan fingerprint density at radius 1 is 1.16 bits per heavy atom. The van der Waals surface area contributed by atoms with E-state index in [1.165, 1.54) is 0 Å². The summed E-state index contributed by atoms with van der Waals surface area (Å²) in [6, 6.07) is 8.65. The zero-order chi connectivity index (χ0) is 26.5. The maximum atomic E-state index is 13.5. The van der Waals surface area contributed by atoms with Gasteiger partial charge in [0.1, 0.15) is 17.5 Å². The zero-order valence-electron chi connectivity index (χ0n) is 21.9. The molecule has 0 aliphatic heterocycles. The van der Waals surface area contributed by atoms with Crippen molar-refractivity contribution in [3.8, 4) is 11.1 Å². The molecular weight excluding hydrogens is 488 g/mol. The number of aromatic nitrogens is 4. The molecule has 0 bridgehead atoms. The van der Waals surface area contributed by atoms with E-state index in [4.69, 9.17) is 0 Å². The summed E-state index contributed by atoms with van der Waals surface area (Å²) in [4.78, 5) is 26.8. The van der Waals surface area contributed by atoms with Gasteiger partial charge < -0.3 is 15.2 Å². The molecule has 1 aliphatic carbocycles. The fraction of sp³-hybridized carbons (Fsp3) is 0.481. The molecule has 1 saturated carbocycles. The Kier molecular flexibility index (Phi) is 8.71. The molecule has 10 heteroatoms. The first-order valence-corrected chi connectivity index (χ1v) is 14.5. The number of benzene rings is 1. The maximum Gasteiger partial charge on any atom is 0.270 e. The molecule has 2 aromatic heterocycles. The summed E-state index contributed by atoms with van der Waals surface area (Å²) < 4.78 is 13.1. The number of amides is 2. The predicted molar refractivity (Wildman–Crippen MR) is 146 cm³/mol. The summed E-state index contributed by atoms with van der Waals surface area (Å²) in [7, 11) is 0. The Morgan fingerprint density at radius 2 is 1.86 bits per heavy atom. The number of nitrogens with zero attached hydrogens (tertiary/aromatic N) is 3. The number of nitrogens with one attached hydrogen (secondary N) is 3. The highest BCUT2D eigenvalue weighted by Crippen LogP contribution is 2.31. The molecule has 9 nitrogen and oxygen atoms in total. The number of aromatic amines is 1. The number of hydrogen-bond acceptors (Lipinski definition) is 5. The predicted octanol–water partition coefficient (Wildman–Crippen LogP) is 3.83. The van der Waals surface area contributed by atoms with Crippen LogP contribution in [0.2, 0.25) is 0 Å². The van der Waals surface area contributed by atoms with Crippen LogP contribution in [-0.4, -0.2) is 54.4 Å². The van der Waals surface area contributed by atoms with E-state index >= 15 is 0 Å². The third-order valence-electron chi connectivity index (χ3n) is 7.21. The molecule has 0 radical (unpaired) electrons. The average molecular weight is 525 g/mol. The van der Waals surface area contributed by atoms with Crippen LogP contribution in [0.25, 0.3) is 11.1 Å². The molecule has 1 aromatic carbocycles. The van der Waals surface area contributed by atoms with Crippen LogP contribution in [0.15, 0.2) is 36.5 Å². The van der Waals surface area contributed by atoms with Gasteiger partial charge in [0.2, 0.25) is 5.91 Å². The highest BCUT2D eigenvalue weighted by atomic mass is 32.2. The monoisotopic (exact) mass is 524 g/mol. The van der Waals surface area contributed by atoms with Gasteiger partial charge >= 0.3 is 0 Å². The van der Waals surface area contributed by atoms with Gasteiger partial charge in [0, 0.05) is 23.1 Å². The minimum atomic E-state index is -0.996. The Balaban J connectivity index is 1.50. The van der Waals surface area contributed by atoms with Crippen LogP contribution in [0.1, 0.15) is 54.5 Å². The van der Waals surface area contributed by atoms with Crippen molar-refractivity contribution in [1.29, 1.82) is 0 Å². The van der Waals surface area contributed by atoms with E-state index in [2.05, 4.69) is 32.9 Å². The first-order chi connectivity index (χ1) is 17.7. The third kappa shape index (κ3) is 6.61. The van der Waals surface area contributed by atoms with Crippen LogP contribution in [0.3, 0.4) is 0 Å². The Morgan fingerprint density at radius 3 is 2.49 bits per heavy atom. The van der Waals surface area contributed by atoms with Gasteiger partial charge in [-0.05, 0) is 62.3 Å². The van der Waals surface area contributed by atoms with Gasteiger partial charge in [-0.2, -0.15) is 10.2 Å². The summed E-state index contributed by atoms with van der Waals surface area (Å²) in [5.41, 5.74) is 5.03. The summed E-state index contributed by atoms with van der Waals surface area (Å²) in [6.45, 7) is 6.54. The Labute approximate surface area is 221 Å². The minimum Gasteiger partial charge on any atom is -0.617 e. The standard InChI is InChI=1S/C27H36N6O3S/c1-17-5-7-21(8-6-17)25(30-26(34)23-13-14-28-33(23)15-16-37(4)36)27(35)29-22-11-9-20(10-12-22)24-18(2)31-32-19(24)3/h9-14,17,21,25H,5-8,15-16H2,1-4H3,(H,29,35)(H,30,34)(H,31,32)/t17-,21-,25-,37?/m0/s1. The Hall–Kier alpha value is -3.11. The van der Waals surface area contributed by atoms with E-state index in [0.29, 0.717) is 29.6 Å². The van der Waals surface area contributed by atoms with Crippen molar-refractivity contribution in [2.45, 2.75) is 59.0 Å². The van der Waals surface area contributed by atoms with Crippen molar-refractivity contribution in [3.63, 3.8) is 0 Å². The molecule has 2 heterocycles. The topological polar surface area (TPSA) is 128 Å². The molecular formula is C27H36N6O3S. The molecule has 0 spiro atoms. The lowest BCUT2D eigenvalue weighted by Gasteiger charge is -2.32. The lowest BCUT2D eigenvalue weighted by molar-refractivity contribution is -0.119. The van der Waals surface area contributed by atoms with E-state index in [0.717, 1.165) is 48.2 Å². The second kappa shape index (κ2) is 12.0. The van der Waals surface area contributed by atoms with Gasteiger partial charge in [-0.1, -0.05) is 43.1 Å².